The van der Waals surface area contributed by atoms with Gasteiger partial charge in [-0.1, -0.05) is 44.9 Å². The maximum absolute atomic E-state index is 12.5. The van der Waals surface area contributed by atoms with Gasteiger partial charge in [-0.05, 0) is 69.2 Å². The molecule has 0 spiro atoms. The van der Waals surface area contributed by atoms with E-state index < -0.39 is 53.8 Å². The lowest BCUT2D eigenvalue weighted by atomic mass is 10.1. The Morgan fingerprint density at radius 2 is 1.10 bits per heavy atom. The third-order valence-corrected chi connectivity index (χ3v) is 9.09. The Kier molecular flexibility index (Phi) is 29.7. The van der Waals surface area contributed by atoms with Crippen molar-refractivity contribution in [3.05, 3.63) is 29.8 Å². The topological polar surface area (TPSA) is 299 Å². The average molecular weight is 851 g/mol. The fraction of sp³-hybridized carbons (Fsp3) is 0.659. The van der Waals surface area contributed by atoms with Crippen molar-refractivity contribution < 1.29 is 67.9 Å². The second-order valence-electron chi connectivity index (χ2n) is 14.2. The number of amides is 4. The Hall–Kier alpha value is -5.14. The summed E-state index contributed by atoms with van der Waals surface area (Å²) >= 11 is 0. The van der Waals surface area contributed by atoms with Crippen LogP contribution in [0.15, 0.2) is 24.3 Å². The Bertz CT molecular complexity index is 1450. The van der Waals surface area contributed by atoms with Gasteiger partial charge in [0.1, 0.15) is 24.4 Å². The van der Waals surface area contributed by atoms with E-state index in [4.69, 9.17) is 25.1 Å². The first-order valence-electron chi connectivity index (χ1n) is 20.6. The summed E-state index contributed by atoms with van der Waals surface area (Å²) in [5.41, 5.74) is 5.66. The monoisotopic (exact) mass is 850 g/mol. The summed E-state index contributed by atoms with van der Waals surface area (Å²) in [6, 6.07) is 2.99. The van der Waals surface area contributed by atoms with Crippen molar-refractivity contribution in [2.24, 2.45) is 5.73 Å². The molecule has 337 valence electrons. The second kappa shape index (κ2) is 33.7. The lowest BCUT2D eigenvalue weighted by Gasteiger charge is -2.17. The number of nitrogens with two attached hydrogens (primary N) is 1. The molecule has 0 aliphatic carbocycles. The van der Waals surface area contributed by atoms with Crippen LogP contribution in [0.25, 0.3) is 0 Å². The van der Waals surface area contributed by atoms with Crippen molar-refractivity contribution in [2.45, 2.75) is 127 Å². The van der Waals surface area contributed by atoms with Crippen LogP contribution in [0.5, 0.6) is 5.75 Å². The van der Waals surface area contributed by atoms with E-state index in [0.717, 1.165) is 51.4 Å². The van der Waals surface area contributed by atoms with E-state index in [1.54, 1.807) is 18.4 Å². The number of carbonyl (C=O) groups is 7. The van der Waals surface area contributed by atoms with Crippen LogP contribution < -0.4 is 31.7 Å². The van der Waals surface area contributed by atoms with Crippen molar-refractivity contribution >= 4 is 47.8 Å². The van der Waals surface area contributed by atoms with Gasteiger partial charge in [-0.25, -0.2) is 14.4 Å². The molecule has 0 fully saturated rings. The Morgan fingerprint density at radius 1 is 0.567 bits per heavy atom. The standard InChI is InChI=1S/C41H64N5O14/c42-31(28-47)12-9-10-22-43-38(51)29-59-27-26-58-25-23-44-35(48)20-18-33(40(54)55)46-37(50)21-19-34(41(56)57)45-36(49)13-8-6-4-2-1-3-5-7-11-24-60-32-16-14-30(15-17-32)39(52)53/h14-17,31,33-34H,1-13,18-27,29,42H2,(H,43,51)(H,44,48)(H,45,49)(H,46,50)(H,52,53)(H,54,55)(H,56,57)/t31-,33-,34-/m0/s1. The van der Waals surface area contributed by atoms with Gasteiger partial charge < -0.3 is 56.5 Å². The summed E-state index contributed by atoms with van der Waals surface area (Å²) in [6.07, 6.45) is 11.2. The first-order valence-corrected chi connectivity index (χ1v) is 20.6. The molecule has 1 aromatic carbocycles. The number of carboxylic acid groups (broad SMARTS) is 3. The largest absolute Gasteiger partial charge is 0.494 e. The molecular formula is C41H64N5O14. The van der Waals surface area contributed by atoms with Gasteiger partial charge in [0.15, 0.2) is 0 Å². The normalized spacial score (nSPS) is 12.3. The summed E-state index contributed by atoms with van der Waals surface area (Å²) in [6.45, 7) is 1.43. The van der Waals surface area contributed by atoms with Gasteiger partial charge in [-0.2, -0.15) is 0 Å². The predicted octanol–water partition coefficient (Wildman–Crippen LogP) is 2.24. The van der Waals surface area contributed by atoms with Crippen molar-refractivity contribution in [3.63, 3.8) is 0 Å². The van der Waals surface area contributed by atoms with Gasteiger partial charge in [0.2, 0.25) is 29.9 Å². The van der Waals surface area contributed by atoms with Crippen molar-refractivity contribution in [1.82, 2.24) is 21.3 Å². The highest BCUT2D eigenvalue weighted by Crippen LogP contribution is 2.14. The number of unbranched alkanes of at least 4 members (excludes halogenated alkanes) is 9. The molecule has 19 heteroatoms. The fourth-order valence-corrected chi connectivity index (χ4v) is 5.67. The van der Waals surface area contributed by atoms with E-state index in [2.05, 4.69) is 21.3 Å². The number of carboxylic acids is 3. The Labute approximate surface area is 351 Å². The van der Waals surface area contributed by atoms with E-state index >= 15 is 0 Å². The molecule has 0 saturated heterocycles. The molecule has 3 atom stereocenters. The van der Waals surface area contributed by atoms with Crippen molar-refractivity contribution in [3.8, 4) is 5.75 Å². The zero-order chi connectivity index (χ0) is 44.4. The van der Waals surface area contributed by atoms with Crippen LogP contribution >= 0.6 is 0 Å². The van der Waals surface area contributed by atoms with E-state index in [0.29, 0.717) is 44.6 Å². The van der Waals surface area contributed by atoms with Crippen LogP contribution in [0.1, 0.15) is 120 Å². The molecule has 4 amide bonds. The third-order valence-electron chi connectivity index (χ3n) is 9.09. The second-order valence-corrected chi connectivity index (χ2v) is 14.2. The molecule has 0 saturated carbocycles. The highest BCUT2D eigenvalue weighted by molar-refractivity contribution is 5.88. The number of benzene rings is 1. The number of carbonyl (C=O) groups excluding carboxylic acids is 5. The molecule has 1 radical (unpaired) electrons. The van der Waals surface area contributed by atoms with E-state index in [9.17, 15) is 48.6 Å². The number of ether oxygens (including phenoxy) is 3. The molecule has 0 aliphatic rings. The number of hydrogen-bond donors (Lipinski definition) is 8. The van der Waals surface area contributed by atoms with Crippen LogP contribution in [0.2, 0.25) is 0 Å². The van der Waals surface area contributed by atoms with Crippen LogP contribution in [0.3, 0.4) is 0 Å². The predicted molar refractivity (Wildman–Crippen MR) is 218 cm³/mol. The Balaban J connectivity index is 2.11. The highest BCUT2D eigenvalue weighted by atomic mass is 16.5. The molecule has 0 unspecified atom stereocenters. The summed E-state index contributed by atoms with van der Waals surface area (Å²) in [4.78, 5) is 93.5. The Morgan fingerprint density at radius 3 is 1.68 bits per heavy atom. The van der Waals surface area contributed by atoms with E-state index in [1.807, 2.05) is 0 Å². The van der Waals surface area contributed by atoms with Gasteiger partial charge >= 0.3 is 17.9 Å². The zero-order valence-electron chi connectivity index (χ0n) is 34.4. The maximum atomic E-state index is 12.5. The third kappa shape index (κ3) is 28.3. The molecule has 60 heavy (non-hydrogen) atoms. The minimum absolute atomic E-state index is 0.133. The van der Waals surface area contributed by atoms with Gasteiger partial charge in [0.05, 0.1) is 38.0 Å². The molecule has 1 rings (SSSR count). The van der Waals surface area contributed by atoms with Crippen molar-refractivity contribution in [1.29, 1.82) is 0 Å². The molecular weight excluding hydrogens is 786 g/mol. The van der Waals surface area contributed by atoms with Gasteiger partial charge in [-0.3, -0.25) is 24.0 Å². The summed E-state index contributed by atoms with van der Waals surface area (Å²) in [5.74, 6) is -4.95. The first kappa shape index (κ1) is 52.9. The zero-order valence-corrected chi connectivity index (χ0v) is 34.4. The number of aromatic carboxylic acids is 1. The first-order chi connectivity index (χ1) is 28.8. The smallest absolute Gasteiger partial charge is 0.335 e. The van der Waals surface area contributed by atoms with Crippen LogP contribution in [-0.2, 0) is 43.0 Å². The average Bonchev–Trinajstić information content (AvgIpc) is 3.21. The fourth-order valence-electron chi connectivity index (χ4n) is 5.67. The summed E-state index contributed by atoms with van der Waals surface area (Å²) in [7, 11) is 0. The molecule has 9 N–H and O–H groups in total. The maximum Gasteiger partial charge on any atom is 0.335 e. The summed E-state index contributed by atoms with van der Waals surface area (Å²) in [5, 5.41) is 38.0. The molecule has 0 aromatic heterocycles. The lowest BCUT2D eigenvalue weighted by molar-refractivity contribution is -0.143. The number of nitrogens with one attached hydrogen (secondary N) is 4. The van der Waals surface area contributed by atoms with Gasteiger partial charge in [-0.15, -0.1) is 0 Å². The minimum atomic E-state index is -1.39. The van der Waals surface area contributed by atoms with E-state index in [-0.39, 0.29) is 76.5 Å². The minimum Gasteiger partial charge on any atom is -0.494 e. The van der Waals surface area contributed by atoms with Crippen LogP contribution in [0.4, 0.5) is 0 Å². The molecule has 1 aromatic rings. The number of rotatable bonds is 38. The van der Waals surface area contributed by atoms with Crippen LogP contribution in [0, 0.1) is 0 Å². The van der Waals surface area contributed by atoms with Crippen LogP contribution in [-0.4, -0.2) is 127 Å². The summed E-state index contributed by atoms with van der Waals surface area (Å²) < 4.78 is 16.2. The lowest BCUT2D eigenvalue weighted by Crippen LogP contribution is -2.44. The highest BCUT2D eigenvalue weighted by Gasteiger charge is 2.24. The molecule has 0 heterocycles. The number of hydrogen-bond acceptors (Lipinski definition) is 12. The van der Waals surface area contributed by atoms with Gasteiger partial charge in [0.25, 0.3) is 0 Å². The molecule has 0 aliphatic heterocycles. The molecule has 0 bridgehead atoms. The van der Waals surface area contributed by atoms with Crippen molar-refractivity contribution in [2.75, 3.05) is 46.1 Å². The quantitative estimate of drug-likeness (QED) is 0.0443. The SMILES string of the molecule is N[C@H]([C]=O)CCCCNC(=O)COCCOCCNC(=O)CC[C@H](NC(=O)CC[C@H](NC(=O)CCCCCCCCCCCOc1ccc(C(=O)O)cc1)C(=O)O)C(=O)O. The van der Waals surface area contributed by atoms with E-state index in [1.165, 1.54) is 12.1 Å². The van der Waals surface area contributed by atoms with Gasteiger partial charge in [0, 0.05) is 32.4 Å². The molecule has 19 nitrogen and oxygen atoms in total. The number of aliphatic carboxylic acids is 2.